The maximum absolute atomic E-state index is 12.4. The van der Waals surface area contributed by atoms with Crippen LogP contribution in [0.4, 0.5) is 4.79 Å². The molecule has 2 rings (SSSR count). The Balaban J connectivity index is 1.98. The summed E-state index contributed by atoms with van der Waals surface area (Å²) in [6.07, 6.45) is 6.11. The number of hydrogen-bond acceptors (Lipinski definition) is 5. The minimum absolute atomic E-state index is 0.236. The minimum atomic E-state index is -0.553. The number of ether oxygens (including phenoxy) is 3. The van der Waals surface area contributed by atoms with Gasteiger partial charge in [0.15, 0.2) is 0 Å². The molecule has 6 heteroatoms. The van der Waals surface area contributed by atoms with Gasteiger partial charge in [-0.25, -0.2) is 4.79 Å². The van der Waals surface area contributed by atoms with Gasteiger partial charge >= 0.3 is 12.1 Å². The molecule has 2 aromatic rings. The minimum Gasteiger partial charge on any atom is -0.494 e. The van der Waals surface area contributed by atoms with E-state index in [1.54, 1.807) is 6.20 Å². The molecule has 0 N–H and O–H groups in total. The summed E-state index contributed by atoms with van der Waals surface area (Å²) in [5.74, 6) is 0.500. The van der Waals surface area contributed by atoms with Gasteiger partial charge in [-0.3, -0.25) is 9.36 Å². The number of hydrogen-bond donors (Lipinski definition) is 0. The molecule has 0 fully saturated rings. The zero-order valence-electron chi connectivity index (χ0n) is 17.7. The molecule has 0 unspecified atom stereocenters. The lowest BCUT2D eigenvalue weighted by molar-refractivity contribution is -0.140. The van der Waals surface area contributed by atoms with Gasteiger partial charge in [0.2, 0.25) is 0 Å². The zero-order chi connectivity index (χ0) is 21.4. The summed E-state index contributed by atoms with van der Waals surface area (Å²) in [6, 6.07) is 9.53. The van der Waals surface area contributed by atoms with E-state index in [0.717, 1.165) is 22.6 Å². The van der Waals surface area contributed by atoms with Crippen LogP contribution in [0.25, 0.3) is 12.2 Å². The Kier molecular flexibility index (Phi) is 7.65. The number of esters is 1. The molecule has 1 aromatic heterocycles. The van der Waals surface area contributed by atoms with Crippen molar-refractivity contribution in [1.29, 1.82) is 0 Å². The van der Waals surface area contributed by atoms with E-state index in [9.17, 15) is 9.59 Å². The molecule has 0 saturated heterocycles. The molecule has 0 bridgehead atoms. The molecule has 156 valence electrons. The van der Waals surface area contributed by atoms with Crippen LogP contribution in [0.2, 0.25) is 0 Å². The van der Waals surface area contributed by atoms with Crippen LogP contribution in [0.3, 0.4) is 0 Å². The topological polar surface area (TPSA) is 66.8 Å². The predicted octanol–water partition coefficient (Wildman–Crippen LogP) is 5.08. The third-order valence-corrected chi connectivity index (χ3v) is 3.92. The lowest BCUT2D eigenvalue weighted by atomic mass is 10.2. The quantitative estimate of drug-likeness (QED) is 0.480. The van der Waals surface area contributed by atoms with Gasteiger partial charge < -0.3 is 14.2 Å². The first kappa shape index (κ1) is 22.3. The molecule has 0 saturated carbocycles. The zero-order valence-corrected chi connectivity index (χ0v) is 17.7. The molecule has 0 amide bonds. The molecule has 6 nitrogen and oxygen atoms in total. The monoisotopic (exact) mass is 399 g/mol. The molecule has 0 aliphatic rings. The third-order valence-electron chi connectivity index (χ3n) is 3.92. The number of aryl methyl sites for hydroxylation is 1. The summed E-state index contributed by atoms with van der Waals surface area (Å²) in [5.41, 5.74) is 2.15. The van der Waals surface area contributed by atoms with E-state index in [1.165, 1.54) is 11.7 Å². The highest BCUT2D eigenvalue weighted by atomic mass is 16.6. The SMILES string of the molecule is COC(=O)CCCOc1ccc(C=Cc2cc(C)cn2C(=O)OC(C)(C)C)cc1. The van der Waals surface area contributed by atoms with Gasteiger partial charge in [-0.1, -0.05) is 18.2 Å². The largest absolute Gasteiger partial charge is 0.494 e. The van der Waals surface area contributed by atoms with Crippen molar-refractivity contribution >= 4 is 24.2 Å². The smallest absolute Gasteiger partial charge is 0.418 e. The molecule has 0 aliphatic carbocycles. The highest BCUT2D eigenvalue weighted by Gasteiger charge is 2.19. The molecule has 1 aromatic carbocycles. The van der Waals surface area contributed by atoms with Crippen molar-refractivity contribution in [3.8, 4) is 5.75 Å². The van der Waals surface area contributed by atoms with Crippen LogP contribution >= 0.6 is 0 Å². The number of carbonyl (C=O) groups is 2. The van der Waals surface area contributed by atoms with E-state index in [2.05, 4.69) is 4.74 Å². The normalized spacial score (nSPS) is 11.5. The third kappa shape index (κ3) is 7.49. The summed E-state index contributed by atoms with van der Waals surface area (Å²) in [4.78, 5) is 23.5. The van der Waals surface area contributed by atoms with Crippen LogP contribution in [0.5, 0.6) is 5.75 Å². The van der Waals surface area contributed by atoms with Gasteiger partial charge in [0.1, 0.15) is 11.4 Å². The van der Waals surface area contributed by atoms with Crippen LogP contribution in [0.15, 0.2) is 36.5 Å². The maximum atomic E-state index is 12.4. The Labute approximate surface area is 172 Å². The second-order valence-electron chi connectivity index (χ2n) is 7.72. The molecule has 29 heavy (non-hydrogen) atoms. The Morgan fingerprint density at radius 1 is 1.10 bits per heavy atom. The van der Waals surface area contributed by atoms with E-state index in [1.807, 2.05) is 70.2 Å². The predicted molar refractivity (Wildman–Crippen MR) is 113 cm³/mol. The Bertz CT molecular complexity index is 856. The average Bonchev–Trinajstić information content (AvgIpc) is 3.04. The number of carbonyl (C=O) groups excluding carboxylic acids is 2. The Hall–Kier alpha value is -3.02. The van der Waals surface area contributed by atoms with Crippen molar-refractivity contribution in [1.82, 2.24) is 4.57 Å². The van der Waals surface area contributed by atoms with Gasteiger partial charge in [0, 0.05) is 12.6 Å². The summed E-state index contributed by atoms with van der Waals surface area (Å²) < 4.78 is 17.2. The van der Waals surface area contributed by atoms with Gasteiger partial charge in [0.25, 0.3) is 0 Å². The van der Waals surface area contributed by atoms with Crippen LogP contribution in [0, 0.1) is 6.92 Å². The van der Waals surface area contributed by atoms with Gasteiger partial charge in [-0.05, 0) is 69.5 Å². The van der Waals surface area contributed by atoms with E-state index in [4.69, 9.17) is 9.47 Å². The molecule has 0 radical (unpaired) electrons. The molecule has 0 spiro atoms. The molecular weight excluding hydrogens is 370 g/mol. The molecular formula is C23H29NO5. The summed E-state index contributed by atoms with van der Waals surface area (Å²) >= 11 is 0. The van der Waals surface area contributed by atoms with Crippen molar-refractivity contribution in [2.75, 3.05) is 13.7 Å². The second-order valence-corrected chi connectivity index (χ2v) is 7.72. The van der Waals surface area contributed by atoms with Crippen molar-refractivity contribution in [3.63, 3.8) is 0 Å². The second kappa shape index (κ2) is 9.96. The van der Waals surface area contributed by atoms with Crippen LogP contribution in [-0.2, 0) is 14.3 Å². The fourth-order valence-electron chi connectivity index (χ4n) is 2.58. The first-order valence-electron chi connectivity index (χ1n) is 9.58. The summed E-state index contributed by atoms with van der Waals surface area (Å²) in [5, 5.41) is 0. The van der Waals surface area contributed by atoms with E-state index < -0.39 is 11.7 Å². The van der Waals surface area contributed by atoms with Crippen LogP contribution < -0.4 is 4.74 Å². The van der Waals surface area contributed by atoms with Gasteiger partial charge in [-0.2, -0.15) is 0 Å². The number of nitrogens with zero attached hydrogens (tertiary/aromatic N) is 1. The average molecular weight is 399 g/mol. The Morgan fingerprint density at radius 2 is 1.79 bits per heavy atom. The fourth-order valence-corrected chi connectivity index (χ4v) is 2.58. The van der Waals surface area contributed by atoms with E-state index in [0.29, 0.717) is 19.4 Å². The molecule has 0 aliphatic heterocycles. The van der Waals surface area contributed by atoms with Crippen LogP contribution in [0.1, 0.15) is 50.4 Å². The van der Waals surface area contributed by atoms with Gasteiger partial charge in [-0.15, -0.1) is 0 Å². The number of rotatable bonds is 7. The number of benzene rings is 1. The van der Waals surface area contributed by atoms with Crippen LogP contribution in [-0.4, -0.2) is 35.9 Å². The highest BCUT2D eigenvalue weighted by molar-refractivity contribution is 5.78. The molecule has 1 heterocycles. The fraction of sp³-hybridized carbons (Fsp3) is 0.391. The Morgan fingerprint density at radius 3 is 2.41 bits per heavy atom. The number of aromatic nitrogens is 1. The van der Waals surface area contributed by atoms with Crippen molar-refractivity contribution < 1.29 is 23.8 Å². The highest BCUT2D eigenvalue weighted by Crippen LogP contribution is 2.18. The van der Waals surface area contributed by atoms with Crippen molar-refractivity contribution in [3.05, 3.63) is 53.3 Å². The maximum Gasteiger partial charge on any atom is 0.418 e. The lowest BCUT2D eigenvalue weighted by Gasteiger charge is -2.20. The van der Waals surface area contributed by atoms with Crippen molar-refractivity contribution in [2.45, 2.75) is 46.1 Å². The van der Waals surface area contributed by atoms with Crippen molar-refractivity contribution in [2.24, 2.45) is 0 Å². The summed E-state index contributed by atoms with van der Waals surface area (Å²) in [6.45, 7) is 7.92. The summed E-state index contributed by atoms with van der Waals surface area (Å²) in [7, 11) is 1.38. The molecule has 0 atom stereocenters. The lowest BCUT2D eigenvalue weighted by Crippen LogP contribution is -2.27. The standard InChI is InChI=1S/C23H29NO5/c1-17-15-19(24(16-17)22(26)29-23(2,3)4)11-8-18-9-12-20(13-10-18)28-14-6-7-21(25)27-5/h8-13,15-16H,6-7,14H2,1-5H3. The number of methoxy groups -OCH3 is 1. The first-order chi connectivity index (χ1) is 13.7. The van der Waals surface area contributed by atoms with Gasteiger partial charge in [0.05, 0.1) is 19.4 Å². The van der Waals surface area contributed by atoms with E-state index >= 15 is 0 Å². The first-order valence-corrected chi connectivity index (χ1v) is 9.58. The van der Waals surface area contributed by atoms with E-state index in [-0.39, 0.29) is 5.97 Å².